The van der Waals surface area contributed by atoms with Gasteiger partial charge in [0.15, 0.2) is 0 Å². The summed E-state index contributed by atoms with van der Waals surface area (Å²) in [4.78, 5) is 14.5. The quantitative estimate of drug-likeness (QED) is 0.922. The Morgan fingerprint density at radius 1 is 1.19 bits per heavy atom. The molecule has 0 bridgehead atoms. The van der Waals surface area contributed by atoms with Gasteiger partial charge in [0.05, 0.1) is 0 Å². The van der Waals surface area contributed by atoms with E-state index in [1.807, 2.05) is 0 Å². The lowest BCUT2D eigenvalue weighted by Crippen LogP contribution is -2.34. The van der Waals surface area contributed by atoms with E-state index in [-0.39, 0.29) is 0 Å². The zero-order valence-corrected chi connectivity index (χ0v) is 13.0. The fraction of sp³-hybridized carbons (Fsp3) is 0.611. The smallest absolute Gasteiger partial charge is 0.223 e. The number of benzene rings is 1. The van der Waals surface area contributed by atoms with Gasteiger partial charge < -0.3 is 10.2 Å². The zero-order valence-electron chi connectivity index (χ0n) is 13.0. The first-order chi connectivity index (χ1) is 10.2. The molecule has 2 fully saturated rings. The van der Waals surface area contributed by atoms with Crippen molar-refractivity contribution in [3.63, 3.8) is 0 Å². The van der Waals surface area contributed by atoms with Crippen molar-refractivity contribution in [2.45, 2.75) is 39.0 Å². The van der Waals surface area contributed by atoms with Crippen LogP contribution in [-0.2, 0) is 4.79 Å². The summed E-state index contributed by atoms with van der Waals surface area (Å²) >= 11 is 0. The number of aryl methyl sites for hydroxylation is 1. The highest BCUT2D eigenvalue weighted by atomic mass is 16.1. The summed E-state index contributed by atoms with van der Waals surface area (Å²) in [7, 11) is 0. The first kappa shape index (κ1) is 14.4. The van der Waals surface area contributed by atoms with Crippen LogP contribution in [-0.4, -0.2) is 25.5 Å². The van der Waals surface area contributed by atoms with Gasteiger partial charge in [0.1, 0.15) is 0 Å². The van der Waals surface area contributed by atoms with E-state index in [0.717, 1.165) is 32.5 Å². The standard InChI is InChI=1S/C18H26N2O/c1-14-6-8-17(9-7-14)20-11-10-15(13-20)12-19-18(21)16-4-2-3-5-16/h6-9,15-16H,2-5,10-13H2,1H3,(H,19,21). The lowest BCUT2D eigenvalue weighted by molar-refractivity contribution is -0.124. The van der Waals surface area contributed by atoms with E-state index >= 15 is 0 Å². The summed E-state index contributed by atoms with van der Waals surface area (Å²) in [5, 5.41) is 3.18. The maximum absolute atomic E-state index is 12.1. The second-order valence-corrected chi connectivity index (χ2v) is 6.66. The number of anilines is 1. The Hall–Kier alpha value is -1.51. The molecule has 0 aromatic heterocycles. The minimum Gasteiger partial charge on any atom is -0.371 e. The maximum Gasteiger partial charge on any atom is 0.223 e. The molecule has 1 amide bonds. The van der Waals surface area contributed by atoms with Gasteiger partial charge in [-0.3, -0.25) is 4.79 Å². The fourth-order valence-corrected chi connectivity index (χ4v) is 3.57. The van der Waals surface area contributed by atoms with Crippen molar-refractivity contribution in [1.82, 2.24) is 5.32 Å². The average Bonchev–Trinajstić information content (AvgIpc) is 3.17. The van der Waals surface area contributed by atoms with Crippen LogP contribution in [0.15, 0.2) is 24.3 Å². The van der Waals surface area contributed by atoms with E-state index in [9.17, 15) is 4.79 Å². The maximum atomic E-state index is 12.1. The lowest BCUT2D eigenvalue weighted by atomic mass is 10.1. The van der Waals surface area contributed by atoms with E-state index in [1.54, 1.807) is 0 Å². The highest BCUT2D eigenvalue weighted by molar-refractivity contribution is 5.78. The van der Waals surface area contributed by atoms with Gasteiger partial charge in [-0.2, -0.15) is 0 Å². The first-order valence-electron chi connectivity index (χ1n) is 8.32. The van der Waals surface area contributed by atoms with Crippen LogP contribution in [0.4, 0.5) is 5.69 Å². The molecule has 3 rings (SSSR count). The number of nitrogens with one attached hydrogen (secondary N) is 1. The molecule has 2 aliphatic rings. The predicted octanol–water partition coefficient (Wildman–Crippen LogP) is 3.13. The topological polar surface area (TPSA) is 32.3 Å². The number of nitrogens with zero attached hydrogens (tertiary/aromatic N) is 1. The van der Waals surface area contributed by atoms with E-state index < -0.39 is 0 Å². The molecule has 1 saturated carbocycles. The molecule has 1 aromatic rings. The molecule has 1 aliphatic carbocycles. The number of rotatable bonds is 4. The van der Waals surface area contributed by atoms with Crippen molar-refractivity contribution < 1.29 is 4.79 Å². The van der Waals surface area contributed by atoms with Gasteiger partial charge in [0.25, 0.3) is 0 Å². The van der Waals surface area contributed by atoms with E-state index in [1.165, 1.54) is 30.5 Å². The Morgan fingerprint density at radius 3 is 2.62 bits per heavy atom. The van der Waals surface area contributed by atoms with Gasteiger partial charge >= 0.3 is 0 Å². The summed E-state index contributed by atoms with van der Waals surface area (Å²) in [5.74, 6) is 1.18. The van der Waals surface area contributed by atoms with Gasteiger partial charge in [-0.15, -0.1) is 0 Å². The van der Waals surface area contributed by atoms with Gasteiger partial charge in [0.2, 0.25) is 5.91 Å². The van der Waals surface area contributed by atoms with Crippen molar-refractivity contribution in [3.05, 3.63) is 29.8 Å². The molecule has 3 heteroatoms. The van der Waals surface area contributed by atoms with Crippen LogP contribution in [0.5, 0.6) is 0 Å². The average molecular weight is 286 g/mol. The molecular weight excluding hydrogens is 260 g/mol. The molecule has 1 atom stereocenters. The van der Waals surface area contributed by atoms with E-state index in [4.69, 9.17) is 0 Å². The van der Waals surface area contributed by atoms with Crippen molar-refractivity contribution in [3.8, 4) is 0 Å². The number of carbonyl (C=O) groups is 1. The highest BCUT2D eigenvalue weighted by Crippen LogP contribution is 2.26. The minimum absolute atomic E-state index is 0.291. The summed E-state index contributed by atoms with van der Waals surface area (Å²) in [6, 6.07) is 8.75. The molecule has 114 valence electrons. The number of amides is 1. The fourth-order valence-electron chi connectivity index (χ4n) is 3.57. The van der Waals surface area contributed by atoms with Crippen LogP contribution >= 0.6 is 0 Å². The number of hydrogen-bond acceptors (Lipinski definition) is 2. The lowest BCUT2D eigenvalue weighted by Gasteiger charge is -2.19. The third kappa shape index (κ3) is 3.58. The summed E-state index contributed by atoms with van der Waals surface area (Å²) in [5.41, 5.74) is 2.61. The zero-order chi connectivity index (χ0) is 14.7. The molecule has 1 aliphatic heterocycles. The van der Waals surface area contributed by atoms with Crippen LogP contribution in [0.2, 0.25) is 0 Å². The Balaban J connectivity index is 1.46. The van der Waals surface area contributed by atoms with Crippen LogP contribution < -0.4 is 10.2 Å². The Bertz CT molecular complexity index is 476. The molecule has 21 heavy (non-hydrogen) atoms. The molecule has 1 saturated heterocycles. The van der Waals surface area contributed by atoms with Crippen LogP contribution in [0.25, 0.3) is 0 Å². The van der Waals surface area contributed by atoms with Gasteiger partial charge in [-0.1, -0.05) is 30.5 Å². The second-order valence-electron chi connectivity index (χ2n) is 6.66. The Labute approximate surface area is 127 Å². The van der Waals surface area contributed by atoms with E-state index in [2.05, 4.69) is 41.4 Å². The van der Waals surface area contributed by atoms with Crippen molar-refractivity contribution in [1.29, 1.82) is 0 Å². The summed E-state index contributed by atoms with van der Waals surface area (Å²) < 4.78 is 0. The predicted molar refractivity (Wildman–Crippen MR) is 86.5 cm³/mol. The van der Waals surface area contributed by atoms with Gasteiger partial charge in [-0.25, -0.2) is 0 Å². The molecule has 1 aromatic carbocycles. The molecule has 3 nitrogen and oxygen atoms in total. The van der Waals surface area contributed by atoms with Crippen LogP contribution in [0.3, 0.4) is 0 Å². The first-order valence-corrected chi connectivity index (χ1v) is 8.32. The Kier molecular flexibility index (Phi) is 4.47. The molecule has 0 radical (unpaired) electrons. The largest absolute Gasteiger partial charge is 0.371 e. The summed E-state index contributed by atoms with van der Waals surface area (Å²) in [6.07, 6.45) is 5.81. The number of carbonyl (C=O) groups excluding carboxylic acids is 1. The molecule has 0 spiro atoms. The third-order valence-electron chi connectivity index (χ3n) is 4.98. The minimum atomic E-state index is 0.291. The third-order valence-corrected chi connectivity index (χ3v) is 4.98. The second kappa shape index (κ2) is 6.50. The SMILES string of the molecule is Cc1ccc(N2CCC(CNC(=O)C3CCCC3)C2)cc1. The van der Waals surface area contributed by atoms with Crippen molar-refractivity contribution in [2.75, 3.05) is 24.5 Å². The van der Waals surface area contributed by atoms with Crippen molar-refractivity contribution >= 4 is 11.6 Å². The van der Waals surface area contributed by atoms with Gasteiger partial charge in [-0.05, 0) is 44.2 Å². The highest BCUT2D eigenvalue weighted by Gasteiger charge is 2.26. The molecule has 1 N–H and O–H groups in total. The Morgan fingerprint density at radius 2 is 1.90 bits per heavy atom. The van der Waals surface area contributed by atoms with Crippen LogP contribution in [0.1, 0.15) is 37.7 Å². The summed E-state index contributed by atoms with van der Waals surface area (Å²) in [6.45, 7) is 5.13. The number of hydrogen-bond donors (Lipinski definition) is 1. The van der Waals surface area contributed by atoms with Gasteiger partial charge in [0, 0.05) is 31.2 Å². The monoisotopic (exact) mass is 286 g/mol. The molecular formula is C18H26N2O. The molecule has 1 heterocycles. The normalized spacial score (nSPS) is 22.7. The van der Waals surface area contributed by atoms with Crippen LogP contribution in [0, 0.1) is 18.8 Å². The van der Waals surface area contributed by atoms with E-state index in [0.29, 0.717) is 17.7 Å². The molecule has 1 unspecified atom stereocenters. The van der Waals surface area contributed by atoms with Crippen molar-refractivity contribution in [2.24, 2.45) is 11.8 Å².